The zero-order chi connectivity index (χ0) is 18.8. The lowest BCUT2D eigenvalue weighted by molar-refractivity contribution is 0.0523. The van der Waals surface area contributed by atoms with Gasteiger partial charge in [-0.05, 0) is 60.2 Å². The average Bonchev–Trinajstić information content (AvgIpc) is 2.86. The van der Waals surface area contributed by atoms with Crippen molar-refractivity contribution in [2.75, 3.05) is 6.61 Å². The minimum atomic E-state index is -0.509. The first kappa shape index (κ1) is 17.3. The van der Waals surface area contributed by atoms with Crippen LogP contribution in [0, 0.1) is 0 Å². The second-order valence-electron chi connectivity index (χ2n) is 6.67. The first-order valence-electron chi connectivity index (χ1n) is 9.20. The van der Waals surface area contributed by atoms with Crippen molar-refractivity contribution in [2.45, 2.75) is 25.7 Å². The first-order valence-corrected chi connectivity index (χ1v) is 9.20. The van der Waals surface area contributed by atoms with Crippen LogP contribution in [-0.4, -0.2) is 22.7 Å². The van der Waals surface area contributed by atoms with E-state index in [1.807, 2.05) is 24.4 Å². The summed E-state index contributed by atoms with van der Waals surface area (Å²) in [6, 6.07) is 17.6. The van der Waals surface area contributed by atoms with Gasteiger partial charge in [-0.3, -0.25) is 4.98 Å². The van der Waals surface area contributed by atoms with Gasteiger partial charge in [-0.15, -0.1) is 0 Å². The van der Waals surface area contributed by atoms with E-state index in [2.05, 4.69) is 29.2 Å². The van der Waals surface area contributed by atoms with Crippen LogP contribution in [0.3, 0.4) is 0 Å². The summed E-state index contributed by atoms with van der Waals surface area (Å²) in [5.41, 5.74) is 5.85. The van der Waals surface area contributed by atoms with Gasteiger partial charge in [-0.25, -0.2) is 4.79 Å². The quantitative estimate of drug-likeness (QED) is 0.711. The van der Waals surface area contributed by atoms with Gasteiger partial charge < -0.3 is 9.84 Å². The summed E-state index contributed by atoms with van der Waals surface area (Å²) in [5.74, 6) is -0.614. The number of esters is 1. The molecule has 0 spiro atoms. The highest BCUT2D eigenvalue weighted by atomic mass is 16.5. The van der Waals surface area contributed by atoms with Crippen LogP contribution in [-0.2, 0) is 17.6 Å². The highest BCUT2D eigenvalue weighted by molar-refractivity contribution is 5.92. The number of fused-ring (bicyclic) bond motifs is 2. The fourth-order valence-corrected chi connectivity index (χ4v) is 3.85. The molecule has 4 heteroatoms. The molecule has 0 amide bonds. The number of phenolic OH excluding ortho intramolecular Hbond substituents is 1. The predicted molar refractivity (Wildman–Crippen MR) is 103 cm³/mol. The summed E-state index contributed by atoms with van der Waals surface area (Å²) in [4.78, 5) is 16.9. The number of aromatic hydroxyl groups is 1. The fraction of sp³-hybridized carbons (Fsp3) is 0.217. The van der Waals surface area contributed by atoms with Gasteiger partial charge in [0, 0.05) is 17.8 Å². The Morgan fingerprint density at radius 1 is 1.11 bits per heavy atom. The Morgan fingerprint density at radius 2 is 1.93 bits per heavy atom. The van der Waals surface area contributed by atoms with E-state index in [-0.39, 0.29) is 23.8 Å². The number of hydrogen-bond acceptors (Lipinski definition) is 4. The maximum atomic E-state index is 12.3. The normalized spacial score (nSPS) is 15.4. The Morgan fingerprint density at radius 3 is 2.78 bits per heavy atom. The molecule has 1 unspecified atom stereocenters. The molecule has 1 heterocycles. The van der Waals surface area contributed by atoms with Crippen LogP contribution < -0.4 is 0 Å². The Hall–Kier alpha value is -3.14. The summed E-state index contributed by atoms with van der Waals surface area (Å²) in [6.45, 7) is 2.02. The summed E-state index contributed by atoms with van der Waals surface area (Å²) in [5, 5.41) is 10.2. The molecule has 1 aromatic heterocycles. The number of hydrogen-bond donors (Lipinski definition) is 1. The third-order valence-electron chi connectivity index (χ3n) is 5.08. The van der Waals surface area contributed by atoms with E-state index in [1.54, 1.807) is 19.1 Å². The lowest BCUT2D eigenvalue weighted by atomic mass is 9.83. The summed E-state index contributed by atoms with van der Waals surface area (Å²) >= 11 is 0. The molecular weight excluding hydrogens is 338 g/mol. The zero-order valence-electron chi connectivity index (χ0n) is 15.2. The number of rotatable bonds is 3. The molecule has 4 nitrogen and oxygen atoms in total. The van der Waals surface area contributed by atoms with Crippen molar-refractivity contribution in [1.29, 1.82) is 0 Å². The van der Waals surface area contributed by atoms with Gasteiger partial charge in [-0.1, -0.05) is 36.4 Å². The van der Waals surface area contributed by atoms with Gasteiger partial charge in [0.1, 0.15) is 11.3 Å². The Balaban J connectivity index is 1.91. The number of benzene rings is 2. The molecule has 1 N–H and O–H groups in total. The van der Waals surface area contributed by atoms with E-state index in [9.17, 15) is 9.90 Å². The summed E-state index contributed by atoms with van der Waals surface area (Å²) in [7, 11) is 0. The van der Waals surface area contributed by atoms with Crippen LogP contribution in [0.1, 0.15) is 51.1 Å². The highest BCUT2D eigenvalue weighted by Crippen LogP contribution is 2.39. The molecule has 3 aromatic rings. The lowest BCUT2D eigenvalue weighted by Crippen LogP contribution is -2.10. The van der Waals surface area contributed by atoms with Crippen LogP contribution in [0.4, 0.5) is 0 Å². The monoisotopic (exact) mass is 359 g/mol. The summed E-state index contributed by atoms with van der Waals surface area (Å²) < 4.78 is 5.10. The molecular formula is C23H21NO3. The minimum absolute atomic E-state index is 0.0406. The number of nitrogens with zero attached hydrogens (tertiary/aromatic N) is 1. The molecule has 0 saturated heterocycles. The molecule has 4 rings (SSSR count). The smallest absolute Gasteiger partial charge is 0.341 e. The topological polar surface area (TPSA) is 59.4 Å². The van der Waals surface area contributed by atoms with Crippen LogP contribution in [0.15, 0.2) is 60.8 Å². The van der Waals surface area contributed by atoms with E-state index in [1.165, 1.54) is 11.1 Å². The van der Waals surface area contributed by atoms with Crippen molar-refractivity contribution in [3.63, 3.8) is 0 Å². The molecule has 0 aliphatic heterocycles. The number of pyridine rings is 1. The maximum Gasteiger partial charge on any atom is 0.341 e. The predicted octanol–water partition coefficient (Wildman–Crippen LogP) is 4.24. The maximum absolute atomic E-state index is 12.3. The van der Waals surface area contributed by atoms with E-state index in [0.717, 1.165) is 29.7 Å². The van der Waals surface area contributed by atoms with Gasteiger partial charge in [0.05, 0.1) is 6.61 Å². The second kappa shape index (κ2) is 7.23. The molecule has 1 aliphatic carbocycles. The average molecular weight is 359 g/mol. The Bertz CT molecular complexity index is 949. The molecule has 2 aromatic carbocycles. The van der Waals surface area contributed by atoms with Gasteiger partial charge in [-0.2, -0.15) is 0 Å². The SMILES string of the molecule is CCOC(=O)c1cc(C2c3ccccc3CCc3ncccc32)ccc1O. The number of carbonyl (C=O) groups is 1. The highest BCUT2D eigenvalue weighted by Gasteiger charge is 2.27. The number of ether oxygens (including phenoxy) is 1. The van der Waals surface area contributed by atoms with Crippen LogP contribution in [0.5, 0.6) is 5.75 Å². The Kier molecular flexibility index (Phi) is 4.63. The summed E-state index contributed by atoms with van der Waals surface area (Å²) in [6.07, 6.45) is 3.64. The third-order valence-corrected chi connectivity index (χ3v) is 5.08. The van der Waals surface area contributed by atoms with Crippen molar-refractivity contribution < 1.29 is 14.6 Å². The minimum Gasteiger partial charge on any atom is -0.507 e. The third kappa shape index (κ3) is 3.19. The van der Waals surface area contributed by atoms with Crippen LogP contribution in [0.25, 0.3) is 0 Å². The van der Waals surface area contributed by atoms with E-state index < -0.39 is 5.97 Å². The molecule has 0 fully saturated rings. The van der Waals surface area contributed by atoms with E-state index >= 15 is 0 Å². The van der Waals surface area contributed by atoms with Crippen LogP contribution >= 0.6 is 0 Å². The van der Waals surface area contributed by atoms with Crippen molar-refractivity contribution in [3.05, 3.63) is 94.3 Å². The number of aryl methyl sites for hydroxylation is 2. The van der Waals surface area contributed by atoms with Crippen molar-refractivity contribution in [2.24, 2.45) is 0 Å². The molecule has 0 radical (unpaired) electrons. The number of aromatic nitrogens is 1. The second-order valence-corrected chi connectivity index (χ2v) is 6.67. The first-order chi connectivity index (χ1) is 13.2. The Labute approximate surface area is 158 Å². The van der Waals surface area contributed by atoms with E-state index in [0.29, 0.717) is 0 Å². The van der Waals surface area contributed by atoms with Crippen molar-refractivity contribution in [3.8, 4) is 5.75 Å². The number of phenols is 1. The zero-order valence-corrected chi connectivity index (χ0v) is 15.2. The lowest BCUT2D eigenvalue weighted by Gasteiger charge is -2.21. The van der Waals surface area contributed by atoms with Gasteiger partial charge in [0.2, 0.25) is 0 Å². The molecule has 1 atom stereocenters. The van der Waals surface area contributed by atoms with Crippen molar-refractivity contribution in [1.82, 2.24) is 4.98 Å². The van der Waals surface area contributed by atoms with Gasteiger partial charge >= 0.3 is 5.97 Å². The van der Waals surface area contributed by atoms with Gasteiger partial charge in [0.25, 0.3) is 0 Å². The molecule has 0 bridgehead atoms. The molecule has 1 aliphatic rings. The van der Waals surface area contributed by atoms with E-state index in [4.69, 9.17) is 4.74 Å². The molecule has 0 saturated carbocycles. The number of carbonyl (C=O) groups excluding carboxylic acids is 1. The molecule has 27 heavy (non-hydrogen) atoms. The standard InChI is InChI=1S/C23H21NO3/c1-2-27-23(26)19-14-16(10-12-21(19)25)22-17-7-4-3-6-15(17)9-11-20-18(22)8-5-13-24-20/h3-8,10,12-14,22,25H,2,9,11H2,1H3. The largest absolute Gasteiger partial charge is 0.507 e. The fourth-order valence-electron chi connectivity index (χ4n) is 3.85. The molecule has 136 valence electrons. The van der Waals surface area contributed by atoms with Gasteiger partial charge in [0.15, 0.2) is 0 Å². The van der Waals surface area contributed by atoms with Crippen LogP contribution in [0.2, 0.25) is 0 Å². The van der Waals surface area contributed by atoms with Crippen molar-refractivity contribution >= 4 is 5.97 Å².